The summed E-state index contributed by atoms with van der Waals surface area (Å²) in [6, 6.07) is 8.13. The number of cyclic esters (lactones) is 1. The van der Waals surface area contributed by atoms with E-state index in [9.17, 15) is 14.4 Å². The van der Waals surface area contributed by atoms with E-state index < -0.39 is 29.9 Å². The van der Waals surface area contributed by atoms with Crippen LogP contribution in [0, 0.1) is 0 Å². The average molecular weight is 417 g/mol. The highest BCUT2D eigenvalue weighted by molar-refractivity contribution is 5.86. The van der Waals surface area contributed by atoms with Gasteiger partial charge < -0.3 is 19.7 Å². The number of alkyl carbamates (subject to hydrolysis) is 1. The van der Waals surface area contributed by atoms with Crippen molar-refractivity contribution in [3.8, 4) is 0 Å². The van der Waals surface area contributed by atoms with Crippen molar-refractivity contribution in [3.63, 3.8) is 0 Å². The predicted molar refractivity (Wildman–Crippen MR) is 114 cm³/mol. The van der Waals surface area contributed by atoms with E-state index >= 15 is 0 Å². The Morgan fingerprint density at radius 2 is 1.83 bits per heavy atom. The number of nitrogens with one attached hydrogen (secondary N) is 1. The number of carbonyl (C=O) groups is 3. The molecule has 0 fully saturated rings. The summed E-state index contributed by atoms with van der Waals surface area (Å²) in [5.74, 6) is -0.597. The van der Waals surface area contributed by atoms with Crippen LogP contribution in [-0.4, -0.2) is 47.6 Å². The number of carbonyl (C=O) groups excluding carboxylic acids is 3. The lowest BCUT2D eigenvalue weighted by Gasteiger charge is -2.34. The number of hydrogen-bond acceptors (Lipinski definition) is 5. The van der Waals surface area contributed by atoms with Crippen LogP contribution in [0.5, 0.6) is 0 Å². The lowest BCUT2D eigenvalue weighted by Crippen LogP contribution is -2.52. The molecule has 0 saturated carbocycles. The molecular formula is C23H32N2O5. The van der Waals surface area contributed by atoms with Gasteiger partial charge in [0.2, 0.25) is 5.91 Å². The van der Waals surface area contributed by atoms with Crippen LogP contribution in [0.1, 0.15) is 58.6 Å². The molecule has 3 atom stereocenters. The molecule has 0 aliphatic carbocycles. The van der Waals surface area contributed by atoms with Crippen LogP contribution >= 0.6 is 0 Å². The van der Waals surface area contributed by atoms with Gasteiger partial charge in [0.25, 0.3) is 0 Å². The summed E-state index contributed by atoms with van der Waals surface area (Å²) in [5, 5.41) is 2.68. The standard InChI is InChI=1S/C23H32N2O5/c1-16-20(17-12-8-6-9-13-17)29-19(26)15-11-7-10-14-18(21(27)25(16)5)24-22(28)30-23(2,3)4/h6-10,12-13,16,18,20H,11,14-15H2,1-5H3,(H,24,28)/b10-7+/t16-,18+,20+/m0/s1. The van der Waals surface area contributed by atoms with Gasteiger partial charge in [-0.05, 0) is 46.1 Å². The zero-order valence-corrected chi connectivity index (χ0v) is 18.4. The van der Waals surface area contributed by atoms with Crippen LogP contribution in [0.3, 0.4) is 0 Å². The molecule has 0 unspecified atom stereocenters. The molecule has 2 rings (SSSR count). The number of rotatable bonds is 2. The van der Waals surface area contributed by atoms with Crippen molar-refractivity contribution in [3.05, 3.63) is 48.0 Å². The fraction of sp³-hybridized carbons (Fsp3) is 0.522. The highest BCUT2D eigenvalue weighted by Gasteiger charge is 2.33. The smallest absolute Gasteiger partial charge is 0.408 e. The number of amides is 2. The molecule has 0 spiro atoms. The molecule has 1 aliphatic heterocycles. The van der Waals surface area contributed by atoms with E-state index in [0.717, 1.165) is 5.56 Å². The minimum absolute atomic E-state index is 0.244. The van der Waals surface area contributed by atoms with E-state index in [1.165, 1.54) is 4.90 Å². The van der Waals surface area contributed by atoms with Gasteiger partial charge in [0.1, 0.15) is 17.7 Å². The molecule has 7 heteroatoms. The molecule has 1 heterocycles. The number of benzene rings is 1. The Morgan fingerprint density at radius 3 is 2.47 bits per heavy atom. The number of esters is 1. The molecule has 7 nitrogen and oxygen atoms in total. The van der Waals surface area contributed by atoms with Crippen molar-refractivity contribution in [2.45, 2.75) is 70.7 Å². The van der Waals surface area contributed by atoms with Gasteiger partial charge in [-0.2, -0.15) is 0 Å². The molecule has 0 saturated heterocycles. The first-order valence-electron chi connectivity index (χ1n) is 10.2. The quantitative estimate of drug-likeness (QED) is 0.586. The fourth-order valence-electron chi connectivity index (χ4n) is 3.16. The average Bonchev–Trinajstić information content (AvgIpc) is 2.68. The molecule has 30 heavy (non-hydrogen) atoms. The Balaban J connectivity index is 2.28. The molecule has 1 aromatic carbocycles. The van der Waals surface area contributed by atoms with Gasteiger partial charge in [-0.1, -0.05) is 42.5 Å². The number of hydrogen-bond donors (Lipinski definition) is 1. The van der Waals surface area contributed by atoms with Gasteiger partial charge in [-0.3, -0.25) is 9.59 Å². The van der Waals surface area contributed by atoms with Crippen LogP contribution in [0.2, 0.25) is 0 Å². The number of nitrogens with zero attached hydrogens (tertiary/aromatic N) is 1. The molecule has 1 aliphatic rings. The predicted octanol–water partition coefficient (Wildman–Crippen LogP) is 3.75. The molecular weight excluding hydrogens is 384 g/mol. The van der Waals surface area contributed by atoms with Crippen molar-refractivity contribution in [2.75, 3.05) is 7.05 Å². The van der Waals surface area contributed by atoms with Crippen molar-refractivity contribution in [1.29, 1.82) is 0 Å². The van der Waals surface area contributed by atoms with Crippen LogP contribution in [0.25, 0.3) is 0 Å². The molecule has 164 valence electrons. The zero-order valence-electron chi connectivity index (χ0n) is 18.4. The van der Waals surface area contributed by atoms with Crippen molar-refractivity contribution in [1.82, 2.24) is 10.2 Å². The monoisotopic (exact) mass is 416 g/mol. The van der Waals surface area contributed by atoms with Crippen molar-refractivity contribution >= 4 is 18.0 Å². The Hall–Kier alpha value is -2.83. The first-order chi connectivity index (χ1) is 14.1. The van der Waals surface area contributed by atoms with E-state index in [-0.39, 0.29) is 18.3 Å². The summed E-state index contributed by atoms with van der Waals surface area (Å²) in [4.78, 5) is 39.3. The van der Waals surface area contributed by atoms with E-state index in [1.54, 1.807) is 33.9 Å². The van der Waals surface area contributed by atoms with Gasteiger partial charge >= 0.3 is 12.1 Å². The lowest BCUT2D eigenvalue weighted by molar-refractivity contribution is -0.155. The summed E-state index contributed by atoms with van der Waals surface area (Å²) >= 11 is 0. The number of ether oxygens (including phenoxy) is 2. The molecule has 1 N–H and O–H groups in total. The Kier molecular flexibility index (Phi) is 8.03. The second-order valence-corrected chi connectivity index (χ2v) is 8.46. The third-order valence-corrected chi connectivity index (χ3v) is 4.83. The minimum Gasteiger partial charge on any atom is -0.455 e. The van der Waals surface area contributed by atoms with Gasteiger partial charge in [-0.15, -0.1) is 0 Å². The molecule has 1 aromatic rings. The van der Waals surface area contributed by atoms with Crippen LogP contribution in [-0.2, 0) is 19.1 Å². The summed E-state index contributed by atoms with van der Waals surface area (Å²) < 4.78 is 11.1. The third-order valence-electron chi connectivity index (χ3n) is 4.83. The number of allylic oxidation sites excluding steroid dienone is 1. The summed E-state index contributed by atoms with van der Waals surface area (Å²) in [5.41, 5.74) is 0.141. The van der Waals surface area contributed by atoms with Crippen LogP contribution in [0.4, 0.5) is 4.79 Å². The van der Waals surface area contributed by atoms with E-state index in [0.29, 0.717) is 12.8 Å². The van der Waals surface area contributed by atoms with Crippen LogP contribution < -0.4 is 5.32 Å². The fourth-order valence-corrected chi connectivity index (χ4v) is 3.16. The first-order valence-corrected chi connectivity index (χ1v) is 10.2. The van der Waals surface area contributed by atoms with E-state index in [1.807, 2.05) is 43.3 Å². The number of likely N-dealkylation sites (N-methyl/N-ethyl adjacent to an activating group) is 1. The summed E-state index contributed by atoms with van der Waals surface area (Å²) in [6.07, 6.45) is 3.40. The maximum absolute atomic E-state index is 13.2. The maximum Gasteiger partial charge on any atom is 0.408 e. The van der Waals surface area contributed by atoms with Crippen molar-refractivity contribution in [2.24, 2.45) is 0 Å². The summed E-state index contributed by atoms with van der Waals surface area (Å²) in [7, 11) is 1.65. The maximum atomic E-state index is 13.2. The minimum atomic E-state index is -0.782. The van der Waals surface area contributed by atoms with Crippen LogP contribution in [0.15, 0.2) is 42.5 Å². The van der Waals surface area contributed by atoms with Gasteiger partial charge in [0.05, 0.1) is 6.04 Å². The van der Waals surface area contributed by atoms with Gasteiger partial charge in [0.15, 0.2) is 0 Å². The normalized spacial score (nSPS) is 24.8. The largest absolute Gasteiger partial charge is 0.455 e. The first kappa shape index (κ1) is 23.4. The zero-order chi connectivity index (χ0) is 22.3. The van der Waals surface area contributed by atoms with E-state index in [2.05, 4.69) is 5.32 Å². The second kappa shape index (κ2) is 10.3. The molecule has 0 bridgehead atoms. The molecule has 0 radical (unpaired) electrons. The highest BCUT2D eigenvalue weighted by atomic mass is 16.6. The van der Waals surface area contributed by atoms with Gasteiger partial charge in [0, 0.05) is 13.5 Å². The SMILES string of the molecule is C[C@H]1[C@H](c2ccccc2)OC(=O)CC/C=C/C[C@@H](NC(=O)OC(C)(C)C)C(=O)N1C. The van der Waals surface area contributed by atoms with Gasteiger partial charge in [-0.25, -0.2) is 4.79 Å². The van der Waals surface area contributed by atoms with E-state index in [4.69, 9.17) is 9.47 Å². The Morgan fingerprint density at radius 1 is 1.17 bits per heavy atom. The van der Waals surface area contributed by atoms with Crippen molar-refractivity contribution < 1.29 is 23.9 Å². The highest BCUT2D eigenvalue weighted by Crippen LogP contribution is 2.26. The Labute approximate surface area is 178 Å². The third kappa shape index (κ3) is 6.90. The second-order valence-electron chi connectivity index (χ2n) is 8.46. The summed E-state index contributed by atoms with van der Waals surface area (Å²) in [6.45, 7) is 7.13. The molecule has 2 amide bonds. The lowest BCUT2D eigenvalue weighted by atomic mass is 10.0. The molecule has 0 aromatic heterocycles. The Bertz CT molecular complexity index is 770. The topological polar surface area (TPSA) is 84.9 Å².